The molecule has 1 atom stereocenters. The number of nitrogens with one attached hydrogen (secondary N) is 2. The fraction of sp³-hybridized carbons (Fsp3) is 0.370. The molecule has 0 spiro atoms. The van der Waals surface area contributed by atoms with Crippen molar-refractivity contribution in [3.63, 3.8) is 0 Å². The molecule has 1 aromatic heterocycles. The molecule has 0 aliphatic carbocycles. The van der Waals surface area contributed by atoms with Crippen LogP contribution in [-0.2, 0) is 13.0 Å². The van der Waals surface area contributed by atoms with Gasteiger partial charge in [-0.3, -0.25) is 0 Å². The summed E-state index contributed by atoms with van der Waals surface area (Å²) in [6.07, 6.45) is 9.85. The molecule has 1 aliphatic rings. The van der Waals surface area contributed by atoms with Gasteiger partial charge >= 0.3 is 0 Å². The van der Waals surface area contributed by atoms with Gasteiger partial charge in [0.15, 0.2) is 0 Å². The van der Waals surface area contributed by atoms with E-state index < -0.39 is 0 Å². The lowest BCUT2D eigenvalue weighted by atomic mass is 10.0. The Labute approximate surface area is 215 Å². The Kier molecular flexibility index (Phi) is 8.48. The van der Waals surface area contributed by atoms with E-state index >= 15 is 0 Å². The lowest BCUT2D eigenvalue weighted by Crippen LogP contribution is -2.43. The normalized spacial score (nSPS) is 16.4. The van der Waals surface area contributed by atoms with E-state index in [0.29, 0.717) is 6.61 Å². The van der Waals surface area contributed by atoms with Crippen molar-refractivity contribution in [1.29, 1.82) is 0 Å². The second kappa shape index (κ2) is 11.5. The quantitative estimate of drug-likeness (QED) is 0.250. The van der Waals surface area contributed by atoms with Gasteiger partial charge in [0.05, 0.1) is 33.6 Å². The van der Waals surface area contributed by atoms with E-state index in [0.717, 1.165) is 68.5 Å². The number of aromatic nitrogens is 2. The molecule has 1 aliphatic heterocycles. The molecule has 5 nitrogen and oxygen atoms in total. The topological polar surface area (TPSA) is 49.9 Å². The minimum atomic E-state index is 0.601. The van der Waals surface area contributed by atoms with Gasteiger partial charge in [0.1, 0.15) is 12.3 Å². The van der Waals surface area contributed by atoms with E-state index in [4.69, 9.17) is 16.3 Å². The molecule has 4 rings (SSSR count). The molecule has 1 fully saturated rings. The largest absolute Gasteiger partial charge is 0.493 e. The zero-order valence-electron chi connectivity index (χ0n) is 19.9. The predicted molar refractivity (Wildman–Crippen MR) is 144 cm³/mol. The lowest BCUT2D eigenvalue weighted by Gasteiger charge is -2.32. The zero-order valence-corrected chi connectivity index (χ0v) is 22.2. The van der Waals surface area contributed by atoms with Crippen LogP contribution in [0, 0.1) is 5.92 Å². The number of hydrogen-bond donors (Lipinski definition) is 2. The smallest absolute Gasteiger partial charge is 0.120 e. The van der Waals surface area contributed by atoms with E-state index in [9.17, 15) is 0 Å². The Balaban J connectivity index is 1.52. The Bertz CT molecular complexity index is 1110. The molecule has 2 aromatic carbocycles. The van der Waals surface area contributed by atoms with Crippen LogP contribution >= 0.6 is 27.5 Å². The highest BCUT2D eigenvalue weighted by Gasteiger charge is 2.25. The summed E-state index contributed by atoms with van der Waals surface area (Å²) in [5, 5.41) is 4.21. The number of nitrogens with zero attached hydrogens (tertiary/aromatic N) is 2. The molecule has 0 amide bonds. The maximum atomic E-state index is 6.17. The zero-order chi connectivity index (χ0) is 24.0. The van der Waals surface area contributed by atoms with Crippen molar-refractivity contribution in [1.82, 2.24) is 15.3 Å². The molecule has 34 heavy (non-hydrogen) atoms. The minimum Gasteiger partial charge on any atom is -0.493 e. The number of imidazole rings is 1. The molecule has 0 radical (unpaired) electrons. The summed E-state index contributed by atoms with van der Waals surface area (Å²) in [6, 6.07) is 12.4. The van der Waals surface area contributed by atoms with Crippen molar-refractivity contribution in [2.75, 3.05) is 40.3 Å². The highest BCUT2D eigenvalue weighted by molar-refractivity contribution is 9.10. The Morgan fingerprint density at radius 3 is 2.82 bits per heavy atom. The summed E-state index contributed by atoms with van der Waals surface area (Å²) in [5.41, 5.74) is 4.57. The summed E-state index contributed by atoms with van der Waals surface area (Å²) in [7, 11) is 4.65. The van der Waals surface area contributed by atoms with E-state index in [1.54, 1.807) is 6.33 Å². The maximum Gasteiger partial charge on any atom is 0.120 e. The van der Waals surface area contributed by atoms with Crippen molar-refractivity contribution >= 4 is 39.7 Å². The highest BCUT2D eigenvalue weighted by atomic mass is 79.9. The number of benzene rings is 2. The van der Waals surface area contributed by atoms with Crippen LogP contribution in [0.3, 0.4) is 0 Å². The molecule has 1 unspecified atom stereocenters. The number of ether oxygens (including phenoxy) is 1. The molecule has 180 valence electrons. The van der Waals surface area contributed by atoms with Crippen molar-refractivity contribution in [2.45, 2.75) is 19.4 Å². The molecular formula is C27H33BrClN4O+. The molecule has 2 heterocycles. The summed E-state index contributed by atoms with van der Waals surface area (Å²) in [5.74, 6) is 1.64. The third-order valence-electron chi connectivity index (χ3n) is 6.13. The number of quaternary nitrogens is 1. The average Bonchev–Trinajstić information content (AvgIpc) is 3.47. The van der Waals surface area contributed by atoms with E-state index in [1.165, 1.54) is 18.5 Å². The Hall–Kier alpha value is -2.12. The van der Waals surface area contributed by atoms with E-state index in [1.807, 2.05) is 24.4 Å². The molecule has 3 aromatic rings. The number of halogens is 2. The van der Waals surface area contributed by atoms with Crippen molar-refractivity contribution in [2.24, 2.45) is 5.92 Å². The highest BCUT2D eigenvalue weighted by Crippen LogP contribution is 2.26. The molecule has 1 saturated heterocycles. The Morgan fingerprint density at radius 2 is 2.09 bits per heavy atom. The first-order valence-electron chi connectivity index (χ1n) is 11.8. The number of rotatable bonds is 10. The first-order valence-corrected chi connectivity index (χ1v) is 12.9. The summed E-state index contributed by atoms with van der Waals surface area (Å²) in [6.45, 7) is 4.99. The van der Waals surface area contributed by atoms with Gasteiger partial charge in [0.25, 0.3) is 0 Å². The van der Waals surface area contributed by atoms with Gasteiger partial charge in [0, 0.05) is 45.8 Å². The van der Waals surface area contributed by atoms with Gasteiger partial charge in [-0.05, 0) is 54.4 Å². The van der Waals surface area contributed by atoms with Crippen LogP contribution < -0.4 is 10.1 Å². The van der Waals surface area contributed by atoms with Crippen LogP contribution in [0.1, 0.15) is 28.8 Å². The van der Waals surface area contributed by atoms with Gasteiger partial charge in [-0.15, -0.1) is 0 Å². The van der Waals surface area contributed by atoms with Crippen LogP contribution in [0.5, 0.6) is 5.75 Å². The van der Waals surface area contributed by atoms with Crippen LogP contribution in [0.25, 0.3) is 12.2 Å². The van der Waals surface area contributed by atoms with Gasteiger partial charge in [0.2, 0.25) is 0 Å². The predicted octanol–water partition coefficient (Wildman–Crippen LogP) is 5.80. The Morgan fingerprint density at radius 1 is 1.21 bits per heavy atom. The average molecular weight is 545 g/mol. The molecule has 2 N–H and O–H groups in total. The lowest BCUT2D eigenvalue weighted by molar-refractivity contribution is -0.906. The van der Waals surface area contributed by atoms with Gasteiger partial charge in [-0.25, -0.2) is 4.98 Å². The fourth-order valence-corrected chi connectivity index (χ4v) is 5.42. The van der Waals surface area contributed by atoms with Crippen LogP contribution in [0.2, 0.25) is 5.02 Å². The SMILES string of the molecule is C[N+](C)(Cc1cc(/C=C/c2ccc(Cl)cc2Br)cc(OCCc2cnc[nH]2)c1)CC1CCNC1. The van der Waals surface area contributed by atoms with Crippen LogP contribution in [-0.4, -0.2) is 54.8 Å². The fourth-order valence-electron chi connectivity index (χ4n) is 4.61. The molecular weight excluding hydrogens is 512 g/mol. The van der Waals surface area contributed by atoms with Crippen molar-refractivity contribution < 1.29 is 9.22 Å². The van der Waals surface area contributed by atoms with Gasteiger partial charge < -0.3 is 19.5 Å². The van der Waals surface area contributed by atoms with E-state index in [2.05, 4.69) is 75.7 Å². The monoisotopic (exact) mass is 543 g/mol. The number of H-pyrrole nitrogens is 1. The first-order chi connectivity index (χ1) is 16.4. The minimum absolute atomic E-state index is 0.601. The molecule has 0 bridgehead atoms. The van der Waals surface area contributed by atoms with Crippen LogP contribution in [0.15, 0.2) is 53.4 Å². The second-order valence-electron chi connectivity index (χ2n) is 9.72. The van der Waals surface area contributed by atoms with Gasteiger partial charge in [-0.1, -0.05) is 45.7 Å². The van der Waals surface area contributed by atoms with Crippen molar-refractivity contribution in [3.05, 3.63) is 80.8 Å². The summed E-state index contributed by atoms with van der Waals surface area (Å²) < 4.78 is 8.11. The standard InChI is InChI=1S/C27H33BrClN4O/c1-33(2,17-21-7-9-30-15-21)18-22-11-20(3-4-23-5-6-24(29)14-27(23)28)12-26(13-22)34-10-8-25-16-31-19-32-25/h3-6,11-14,16,19,21,30H,7-10,15,17-18H2,1-2H3,(H,31,32)/q+1/b4-3+. The van der Waals surface area contributed by atoms with Crippen molar-refractivity contribution in [3.8, 4) is 5.75 Å². The number of hydrogen-bond acceptors (Lipinski definition) is 3. The second-order valence-corrected chi connectivity index (χ2v) is 11.0. The maximum absolute atomic E-state index is 6.17. The molecule has 0 saturated carbocycles. The summed E-state index contributed by atoms with van der Waals surface area (Å²) >= 11 is 9.71. The number of aromatic amines is 1. The van der Waals surface area contributed by atoms with Crippen LogP contribution in [0.4, 0.5) is 0 Å². The van der Waals surface area contributed by atoms with E-state index in [-0.39, 0.29) is 0 Å². The third kappa shape index (κ3) is 7.44. The van der Waals surface area contributed by atoms with Gasteiger partial charge in [-0.2, -0.15) is 0 Å². The summed E-state index contributed by atoms with van der Waals surface area (Å²) in [4.78, 5) is 7.22. The third-order valence-corrected chi connectivity index (χ3v) is 7.05. The first kappa shape index (κ1) is 25.0. The molecule has 7 heteroatoms.